The highest BCUT2D eigenvalue weighted by Crippen LogP contribution is 2.46. The summed E-state index contributed by atoms with van der Waals surface area (Å²) in [6.07, 6.45) is -0.648. The minimum atomic E-state index is -4.88. The van der Waals surface area contributed by atoms with E-state index in [4.69, 9.17) is 14.5 Å². The summed E-state index contributed by atoms with van der Waals surface area (Å²) in [7, 11) is -0.234. The number of nitrogens with zero attached hydrogens (tertiary/aromatic N) is 3. The van der Waals surface area contributed by atoms with E-state index in [1.807, 2.05) is 43.3 Å². The smallest absolute Gasteiger partial charge is 0.472 e. The van der Waals surface area contributed by atoms with Crippen molar-refractivity contribution in [2.24, 2.45) is 5.92 Å². The Balaban J connectivity index is 1.24. The Hall–Kier alpha value is -5.24. The molecule has 0 radical (unpaired) electrons. The van der Waals surface area contributed by atoms with Gasteiger partial charge in [-0.1, -0.05) is 12.2 Å². The number of ether oxygens (including phenoxy) is 3. The van der Waals surface area contributed by atoms with Gasteiger partial charge in [-0.2, -0.15) is 11.8 Å². The average Bonchev–Trinajstić information content (AvgIpc) is 4.12. The molecule has 2 saturated carbocycles. The van der Waals surface area contributed by atoms with Gasteiger partial charge >= 0.3 is 12.5 Å². The van der Waals surface area contributed by atoms with Crippen LogP contribution in [0.3, 0.4) is 0 Å². The lowest BCUT2D eigenvalue weighted by molar-refractivity contribution is -0.274. The first-order valence-electron chi connectivity index (χ1n) is 20.7. The molecule has 0 spiro atoms. The predicted molar refractivity (Wildman–Crippen MR) is 231 cm³/mol. The normalized spacial score (nSPS) is 25.0. The number of aromatic nitrogens is 1. The number of carbonyl (C=O) groups excluding carboxylic acids is 4. The van der Waals surface area contributed by atoms with E-state index in [9.17, 15) is 40.8 Å². The maximum atomic E-state index is 14.7. The molecular formula is C43H51F3N6O9S2. The second-order valence-electron chi connectivity index (χ2n) is 17.5. The van der Waals surface area contributed by atoms with Gasteiger partial charge in [-0.3, -0.25) is 19.1 Å². The van der Waals surface area contributed by atoms with Crippen molar-refractivity contribution < 1.29 is 55.0 Å². The van der Waals surface area contributed by atoms with Crippen LogP contribution in [0.1, 0.15) is 59.3 Å². The van der Waals surface area contributed by atoms with E-state index in [2.05, 4.69) is 20.1 Å². The Kier molecular flexibility index (Phi) is 12.9. The van der Waals surface area contributed by atoms with Crippen LogP contribution in [0.5, 0.6) is 11.6 Å². The van der Waals surface area contributed by atoms with Crippen LogP contribution in [-0.4, -0.2) is 115 Å². The zero-order chi connectivity index (χ0) is 45.5. The summed E-state index contributed by atoms with van der Waals surface area (Å²) in [5.41, 5.74) is -0.821. The quantitative estimate of drug-likeness (QED) is 0.224. The maximum Gasteiger partial charge on any atom is 0.573 e. The van der Waals surface area contributed by atoms with Gasteiger partial charge in [0, 0.05) is 48.8 Å². The third-order valence-corrected chi connectivity index (χ3v) is 14.0. The van der Waals surface area contributed by atoms with Crippen molar-refractivity contribution in [3.05, 3.63) is 60.7 Å². The van der Waals surface area contributed by atoms with Crippen molar-refractivity contribution in [3.63, 3.8) is 0 Å². The number of sulfonamides is 1. The van der Waals surface area contributed by atoms with Gasteiger partial charge in [-0.15, -0.1) is 13.2 Å². The number of hydrogen-bond donors (Lipinski definition) is 3. The Morgan fingerprint density at radius 3 is 2.44 bits per heavy atom. The van der Waals surface area contributed by atoms with Crippen LogP contribution in [0.15, 0.2) is 60.7 Å². The van der Waals surface area contributed by atoms with Crippen LogP contribution in [0.4, 0.5) is 23.7 Å². The van der Waals surface area contributed by atoms with Gasteiger partial charge in [-0.25, -0.2) is 18.2 Å². The lowest BCUT2D eigenvalue weighted by atomic mass is 10.1. The average molecular weight is 917 g/mol. The molecule has 4 aliphatic rings. The van der Waals surface area contributed by atoms with Crippen LogP contribution in [0.25, 0.3) is 22.0 Å². The first-order chi connectivity index (χ1) is 29.6. The minimum Gasteiger partial charge on any atom is -0.472 e. The van der Waals surface area contributed by atoms with E-state index in [-0.39, 0.29) is 31.0 Å². The monoisotopic (exact) mass is 916 g/mol. The first-order valence-corrected chi connectivity index (χ1v) is 23.4. The van der Waals surface area contributed by atoms with Crippen molar-refractivity contribution in [2.45, 2.75) is 100 Å². The van der Waals surface area contributed by atoms with E-state index in [0.29, 0.717) is 53.5 Å². The number of alkyl halides is 3. The van der Waals surface area contributed by atoms with Gasteiger partial charge in [0.15, 0.2) is 0 Å². The van der Waals surface area contributed by atoms with Crippen LogP contribution < -0.4 is 29.7 Å². The van der Waals surface area contributed by atoms with E-state index in [1.54, 1.807) is 32.9 Å². The molecule has 3 fully saturated rings. The largest absolute Gasteiger partial charge is 0.573 e. The maximum absolute atomic E-state index is 14.7. The number of fused-ring (bicyclic) bond motifs is 3. The molecule has 15 nitrogen and oxygen atoms in total. The van der Waals surface area contributed by atoms with Crippen molar-refractivity contribution in [2.75, 3.05) is 37.0 Å². The molecule has 0 bridgehead atoms. The highest BCUT2D eigenvalue weighted by atomic mass is 32.2. The summed E-state index contributed by atoms with van der Waals surface area (Å²) in [4.78, 5) is 64.2. The number of halogens is 3. The van der Waals surface area contributed by atoms with E-state index < -0.39 is 86.4 Å². The molecule has 1 aromatic heterocycles. The fourth-order valence-corrected chi connectivity index (χ4v) is 10.0. The lowest BCUT2D eigenvalue weighted by Gasteiger charge is -2.30. The number of benzene rings is 2. The topological polar surface area (TPSA) is 186 Å². The molecule has 2 aliphatic heterocycles. The molecule has 2 aromatic carbocycles. The third kappa shape index (κ3) is 11.1. The Bertz CT molecular complexity index is 2390. The molecule has 2 aliphatic carbocycles. The Morgan fingerprint density at radius 2 is 1.78 bits per heavy atom. The predicted octanol–water partition coefficient (Wildman–Crippen LogP) is 5.67. The van der Waals surface area contributed by atoms with Crippen molar-refractivity contribution >= 4 is 62.1 Å². The summed E-state index contributed by atoms with van der Waals surface area (Å²) in [5.74, 6) is -2.19. The Morgan fingerprint density at radius 1 is 1.05 bits per heavy atom. The number of rotatable bonds is 9. The number of thioether (sulfide) groups is 1. The zero-order valence-corrected chi connectivity index (χ0v) is 37.1. The van der Waals surface area contributed by atoms with Crippen molar-refractivity contribution in [3.8, 4) is 22.9 Å². The van der Waals surface area contributed by atoms with Gasteiger partial charge in [0.05, 0.1) is 17.5 Å². The number of allylic oxidation sites excluding steroid dienone is 1. The van der Waals surface area contributed by atoms with Gasteiger partial charge < -0.3 is 34.6 Å². The van der Waals surface area contributed by atoms with Crippen molar-refractivity contribution in [1.29, 1.82) is 0 Å². The lowest BCUT2D eigenvalue weighted by Crippen LogP contribution is -2.58. The first kappa shape index (κ1) is 45.8. The zero-order valence-electron chi connectivity index (χ0n) is 35.5. The van der Waals surface area contributed by atoms with E-state index >= 15 is 0 Å². The fraction of sp³-hybridized carbons (Fsp3) is 0.512. The summed E-state index contributed by atoms with van der Waals surface area (Å²) in [6.45, 7) is 4.91. The van der Waals surface area contributed by atoms with Gasteiger partial charge in [0.25, 0.3) is 5.91 Å². The van der Waals surface area contributed by atoms with Crippen molar-refractivity contribution in [1.82, 2.24) is 25.2 Å². The SMILES string of the molecule is CN(C)c1ccc2c(OC3C[C@H]4C(=O)N[C@]5(C(=O)NS(=O)(=O)C6CC6)CC5/C=C\CCCSC[C@H](NC(=O)OC(C)(C)C)C(=O)N4C3)nc(-c3ccc(OC(F)(F)F)cc3)cc2c1. The number of pyridine rings is 1. The third-order valence-electron chi connectivity index (χ3n) is 11.1. The summed E-state index contributed by atoms with van der Waals surface area (Å²) in [5, 5.41) is 6.11. The van der Waals surface area contributed by atoms with Crippen LogP contribution >= 0.6 is 11.8 Å². The molecule has 3 N–H and O–H groups in total. The molecule has 7 rings (SSSR count). The van der Waals surface area contributed by atoms with Crippen LogP contribution in [0, 0.1) is 5.92 Å². The summed E-state index contributed by atoms with van der Waals surface area (Å²) < 4.78 is 83.1. The number of nitrogens with one attached hydrogen (secondary N) is 3. The van der Waals surface area contributed by atoms with Crippen LogP contribution in [0.2, 0.25) is 0 Å². The molecule has 4 amide bonds. The van der Waals surface area contributed by atoms with E-state index in [0.717, 1.165) is 5.69 Å². The second-order valence-corrected chi connectivity index (χ2v) is 20.6. The highest BCUT2D eigenvalue weighted by molar-refractivity contribution is 7.99. The molecule has 3 heterocycles. The molecular weight excluding hydrogens is 866 g/mol. The second kappa shape index (κ2) is 17.7. The molecule has 3 aromatic rings. The van der Waals surface area contributed by atoms with Gasteiger partial charge in [0.2, 0.25) is 27.7 Å². The summed E-state index contributed by atoms with van der Waals surface area (Å²) >= 11 is 1.44. The molecule has 340 valence electrons. The number of hydrogen-bond acceptors (Lipinski definition) is 12. The highest BCUT2D eigenvalue weighted by Gasteiger charge is 2.62. The number of amides is 4. The molecule has 1 saturated heterocycles. The number of carbonyl (C=O) groups is 4. The number of anilines is 1. The standard InChI is InChI=1S/C43H51F3N6O9S2/c1-41(2,3)61-40(56)48-34-24-62-18-8-6-7-9-27-22-42(27,39(55)50-63(57,58)31-15-16-31)49-36(53)35-21-30(23-52(35)38(34)54)59-37-32-17-12-28(51(4)5)19-26(32)20-33(47-37)25-10-13-29(14-11-25)60-43(44,45)46/h7,9-14,17,19-20,27,30-31,34-35H,6,8,15-16,18,21-24H2,1-5H3,(H,48,56)(H,49,53)(H,50,55)/b9-7-/t27?,30?,34-,35-,42+/m0/s1. The van der Waals surface area contributed by atoms with Gasteiger partial charge in [-0.05, 0) is 113 Å². The van der Waals surface area contributed by atoms with Gasteiger partial charge in [0.1, 0.15) is 35.1 Å². The molecule has 63 heavy (non-hydrogen) atoms. The van der Waals surface area contributed by atoms with Crippen LogP contribution in [-0.2, 0) is 29.1 Å². The molecule has 2 unspecified atom stereocenters. The molecule has 5 atom stereocenters. The summed E-state index contributed by atoms with van der Waals surface area (Å²) in [6, 6.07) is 10.2. The number of alkyl carbamates (subject to hydrolysis) is 1. The molecule has 20 heteroatoms. The fourth-order valence-electron chi connectivity index (χ4n) is 7.65. The minimum absolute atomic E-state index is 0.0882. The van der Waals surface area contributed by atoms with E-state index in [1.165, 1.54) is 40.9 Å². The Labute approximate surface area is 367 Å².